The summed E-state index contributed by atoms with van der Waals surface area (Å²) in [6.07, 6.45) is 1.91. The summed E-state index contributed by atoms with van der Waals surface area (Å²) in [7, 11) is 0. The van der Waals surface area contributed by atoms with E-state index in [1.54, 1.807) is 6.20 Å². The van der Waals surface area contributed by atoms with Gasteiger partial charge in [-0.15, -0.1) is 0 Å². The molecule has 0 atom stereocenters. The summed E-state index contributed by atoms with van der Waals surface area (Å²) in [6.45, 7) is 0.942. The molecule has 3 N–H and O–H groups in total. The highest BCUT2D eigenvalue weighted by Crippen LogP contribution is 2.00. The van der Waals surface area contributed by atoms with Gasteiger partial charge in [0.05, 0.1) is 12.7 Å². The van der Waals surface area contributed by atoms with Crippen molar-refractivity contribution >= 4 is 12.0 Å². The first-order valence-electron chi connectivity index (χ1n) is 7.30. The molecule has 0 spiro atoms. The molecule has 0 saturated carbocycles. The Morgan fingerprint density at radius 2 is 2.00 bits per heavy atom. The number of aromatic nitrogens is 3. The molecule has 0 aliphatic heterocycles. The van der Waals surface area contributed by atoms with E-state index in [0.717, 1.165) is 5.56 Å². The van der Waals surface area contributed by atoms with Crippen LogP contribution in [0.2, 0.25) is 0 Å². The zero-order valence-corrected chi connectivity index (χ0v) is 12.6. The fourth-order valence-corrected chi connectivity index (χ4v) is 1.80. The van der Waals surface area contributed by atoms with Gasteiger partial charge in [-0.2, -0.15) is 15.4 Å². The number of hydrogen-bond acceptors (Lipinski definition) is 5. The molecule has 0 fully saturated rings. The lowest BCUT2D eigenvalue weighted by Gasteiger charge is -2.07. The predicted octanol–water partition coefficient (Wildman–Crippen LogP) is 1.13. The Kier molecular flexibility index (Phi) is 6.58. The van der Waals surface area contributed by atoms with Gasteiger partial charge in [-0.25, -0.2) is 4.79 Å². The minimum atomic E-state index is -0.489. The Bertz CT molecular complexity index is 601. The molecule has 23 heavy (non-hydrogen) atoms. The van der Waals surface area contributed by atoms with Crippen molar-refractivity contribution in [1.82, 2.24) is 26.0 Å². The summed E-state index contributed by atoms with van der Waals surface area (Å²) >= 11 is 0. The van der Waals surface area contributed by atoms with Crippen molar-refractivity contribution in [2.24, 2.45) is 0 Å². The number of benzene rings is 1. The second kappa shape index (κ2) is 9.19. The van der Waals surface area contributed by atoms with Crippen LogP contribution in [0, 0.1) is 0 Å². The number of rotatable bonds is 8. The molecule has 0 saturated heterocycles. The Morgan fingerprint density at radius 3 is 2.74 bits per heavy atom. The monoisotopic (exact) mass is 317 g/mol. The third-order valence-corrected chi connectivity index (χ3v) is 2.99. The highest BCUT2D eigenvalue weighted by atomic mass is 16.5. The third-order valence-electron chi connectivity index (χ3n) is 2.99. The first kappa shape index (κ1) is 16.5. The Balaban J connectivity index is 1.51. The molecule has 0 unspecified atom stereocenters. The molecule has 2 aromatic rings. The summed E-state index contributed by atoms with van der Waals surface area (Å²) in [5, 5.41) is 15.3. The minimum absolute atomic E-state index is 0.104. The Morgan fingerprint density at radius 1 is 1.17 bits per heavy atom. The van der Waals surface area contributed by atoms with Crippen LogP contribution in [0.5, 0.6) is 0 Å². The van der Waals surface area contributed by atoms with Crippen LogP contribution < -0.4 is 10.6 Å². The molecule has 0 radical (unpaired) electrons. The number of amides is 2. The molecule has 0 aliphatic carbocycles. The van der Waals surface area contributed by atoms with E-state index in [1.165, 1.54) is 0 Å². The molecule has 122 valence electrons. The van der Waals surface area contributed by atoms with Crippen LogP contribution in [0.15, 0.2) is 36.5 Å². The van der Waals surface area contributed by atoms with Crippen LogP contribution >= 0.6 is 0 Å². The number of nitrogens with zero attached hydrogens (tertiary/aromatic N) is 2. The van der Waals surface area contributed by atoms with E-state index in [0.29, 0.717) is 31.6 Å². The topological polar surface area (TPSA) is 109 Å². The molecule has 8 heteroatoms. The van der Waals surface area contributed by atoms with Crippen LogP contribution in [0.1, 0.15) is 24.1 Å². The number of ether oxygens (including phenoxy) is 1. The van der Waals surface area contributed by atoms with Gasteiger partial charge in [-0.05, 0) is 12.0 Å². The van der Waals surface area contributed by atoms with Crippen LogP contribution in [-0.4, -0.2) is 34.0 Å². The maximum absolute atomic E-state index is 11.6. The molecule has 0 bridgehead atoms. The lowest BCUT2D eigenvalue weighted by molar-refractivity contribution is -0.121. The average Bonchev–Trinajstić information content (AvgIpc) is 3.09. The van der Waals surface area contributed by atoms with Crippen LogP contribution in [-0.2, 0) is 22.7 Å². The maximum atomic E-state index is 11.6. The normalized spacial score (nSPS) is 10.1. The summed E-state index contributed by atoms with van der Waals surface area (Å²) < 4.78 is 5.06. The molecular weight excluding hydrogens is 298 g/mol. The summed E-state index contributed by atoms with van der Waals surface area (Å²) in [5.41, 5.74) is 1.59. The number of aromatic amines is 1. The van der Waals surface area contributed by atoms with Crippen molar-refractivity contribution in [3.8, 4) is 0 Å². The highest BCUT2D eigenvalue weighted by molar-refractivity contribution is 5.75. The molecule has 0 aliphatic rings. The van der Waals surface area contributed by atoms with E-state index < -0.39 is 6.09 Å². The van der Waals surface area contributed by atoms with Crippen molar-refractivity contribution in [3.63, 3.8) is 0 Å². The van der Waals surface area contributed by atoms with E-state index in [4.69, 9.17) is 4.74 Å². The van der Waals surface area contributed by atoms with Crippen molar-refractivity contribution < 1.29 is 14.3 Å². The number of alkyl carbamates (subject to hydrolysis) is 1. The van der Waals surface area contributed by atoms with Crippen LogP contribution in [0.3, 0.4) is 0 Å². The Labute approximate surface area is 133 Å². The molecule has 8 nitrogen and oxygen atoms in total. The number of carbonyl (C=O) groups excluding carboxylic acids is 2. The predicted molar refractivity (Wildman–Crippen MR) is 82.1 cm³/mol. The van der Waals surface area contributed by atoms with Gasteiger partial charge in [0.1, 0.15) is 12.3 Å². The molecule has 1 aromatic heterocycles. The minimum Gasteiger partial charge on any atom is -0.445 e. The molecule has 2 amide bonds. The summed E-state index contributed by atoms with van der Waals surface area (Å²) in [6, 6.07) is 9.43. The van der Waals surface area contributed by atoms with Gasteiger partial charge in [-0.1, -0.05) is 30.3 Å². The van der Waals surface area contributed by atoms with Gasteiger partial charge >= 0.3 is 6.09 Å². The van der Waals surface area contributed by atoms with Gasteiger partial charge in [0, 0.05) is 13.0 Å². The van der Waals surface area contributed by atoms with E-state index >= 15 is 0 Å². The smallest absolute Gasteiger partial charge is 0.407 e. The second-order valence-corrected chi connectivity index (χ2v) is 4.83. The first-order valence-corrected chi connectivity index (χ1v) is 7.30. The van der Waals surface area contributed by atoms with Crippen molar-refractivity contribution in [1.29, 1.82) is 0 Å². The molecule has 1 heterocycles. The molecule has 2 rings (SSSR count). The van der Waals surface area contributed by atoms with Gasteiger partial charge in [-0.3, -0.25) is 4.79 Å². The van der Waals surface area contributed by atoms with E-state index in [1.807, 2.05) is 30.3 Å². The lowest BCUT2D eigenvalue weighted by Crippen LogP contribution is -2.27. The number of hydrogen-bond donors (Lipinski definition) is 3. The molecule has 1 aromatic carbocycles. The van der Waals surface area contributed by atoms with Crippen LogP contribution in [0.4, 0.5) is 4.79 Å². The third kappa shape index (κ3) is 6.60. The second-order valence-electron chi connectivity index (χ2n) is 4.83. The zero-order chi connectivity index (χ0) is 16.3. The number of carbonyl (C=O) groups is 2. The summed E-state index contributed by atoms with van der Waals surface area (Å²) in [5.74, 6) is -0.104. The van der Waals surface area contributed by atoms with Gasteiger partial charge in [0.2, 0.25) is 5.91 Å². The van der Waals surface area contributed by atoms with Gasteiger partial charge < -0.3 is 15.4 Å². The highest BCUT2D eigenvalue weighted by Gasteiger charge is 2.05. The Hall–Kier alpha value is -2.90. The van der Waals surface area contributed by atoms with E-state index in [-0.39, 0.29) is 12.5 Å². The standard InChI is InChI=1S/C15H19N5O3/c21-14(17-9-13-10-18-20-19-13)7-4-8-16-15(22)23-11-12-5-2-1-3-6-12/h1-3,5-6,10H,4,7-9,11H2,(H,16,22)(H,17,21)(H,18,19,20). The van der Waals surface area contributed by atoms with Crippen molar-refractivity contribution in [2.75, 3.05) is 6.54 Å². The first-order chi connectivity index (χ1) is 11.2. The SMILES string of the molecule is O=C(CCCNC(=O)OCc1ccccc1)NCc1cn[nH]n1. The average molecular weight is 317 g/mol. The van der Waals surface area contributed by atoms with Gasteiger partial charge in [0.15, 0.2) is 0 Å². The number of nitrogens with one attached hydrogen (secondary N) is 3. The fraction of sp³-hybridized carbons (Fsp3) is 0.333. The fourth-order valence-electron chi connectivity index (χ4n) is 1.80. The van der Waals surface area contributed by atoms with Crippen molar-refractivity contribution in [3.05, 3.63) is 47.8 Å². The lowest BCUT2D eigenvalue weighted by atomic mass is 10.2. The maximum Gasteiger partial charge on any atom is 0.407 e. The van der Waals surface area contributed by atoms with Crippen molar-refractivity contribution in [2.45, 2.75) is 26.0 Å². The summed E-state index contributed by atoms with van der Waals surface area (Å²) in [4.78, 5) is 23.1. The quantitative estimate of drug-likeness (QED) is 0.632. The van der Waals surface area contributed by atoms with Gasteiger partial charge in [0.25, 0.3) is 0 Å². The molecular formula is C15H19N5O3. The number of H-pyrrole nitrogens is 1. The van der Waals surface area contributed by atoms with E-state index in [2.05, 4.69) is 26.0 Å². The van der Waals surface area contributed by atoms with Crippen LogP contribution in [0.25, 0.3) is 0 Å². The zero-order valence-electron chi connectivity index (χ0n) is 12.6. The van der Waals surface area contributed by atoms with E-state index in [9.17, 15) is 9.59 Å². The largest absolute Gasteiger partial charge is 0.445 e.